The lowest BCUT2D eigenvalue weighted by atomic mass is 9.83. The van der Waals surface area contributed by atoms with Gasteiger partial charge < -0.3 is 9.16 Å². The van der Waals surface area contributed by atoms with E-state index in [2.05, 4.69) is 119 Å². The number of carbonyl (C=O) groups is 1. The summed E-state index contributed by atoms with van der Waals surface area (Å²) in [6.07, 6.45) is 1.83. The molecule has 1 atom stereocenters. The number of carbonyl (C=O) groups excluding carboxylic acids is 1. The predicted molar refractivity (Wildman–Crippen MR) is 153 cm³/mol. The highest BCUT2D eigenvalue weighted by molar-refractivity contribution is 6.99. The minimum Gasteiger partial charge on any atom is -0.466 e. The Hall–Kier alpha value is -2.14. The van der Waals surface area contributed by atoms with Crippen molar-refractivity contribution in [2.45, 2.75) is 78.6 Å². The van der Waals surface area contributed by atoms with Crippen molar-refractivity contribution in [3.63, 3.8) is 0 Å². The van der Waals surface area contributed by atoms with Gasteiger partial charge in [0.2, 0.25) is 0 Å². The Morgan fingerprint density at radius 3 is 1.80 bits per heavy atom. The Bertz CT molecular complexity index is 956. The van der Waals surface area contributed by atoms with Crippen LogP contribution in [0.25, 0.3) is 0 Å². The van der Waals surface area contributed by atoms with Crippen LogP contribution in [-0.2, 0) is 14.0 Å². The molecule has 2 rings (SSSR count). The Kier molecular flexibility index (Phi) is 10.1. The van der Waals surface area contributed by atoms with E-state index in [0.29, 0.717) is 26.1 Å². The minimum atomic E-state index is -2.60. The summed E-state index contributed by atoms with van der Waals surface area (Å²) < 4.78 is 12.3. The van der Waals surface area contributed by atoms with Gasteiger partial charge in [-0.3, -0.25) is 4.79 Å². The molecule has 0 aromatic heterocycles. The number of hydrogen-bond acceptors (Lipinski definition) is 3. The molecular weight excluding hydrogens is 464 g/mol. The molecule has 0 N–H and O–H groups in total. The molecule has 0 aliphatic carbocycles. The number of ether oxygens (including phenoxy) is 1. The molecule has 2 aromatic carbocycles. The van der Waals surface area contributed by atoms with Gasteiger partial charge in [-0.05, 0) is 42.1 Å². The average Bonchev–Trinajstić information content (AvgIpc) is 2.80. The summed E-state index contributed by atoms with van der Waals surface area (Å²) in [5, 5.41) is 2.49. The quantitative estimate of drug-likeness (QED) is 0.218. The Labute approximate surface area is 215 Å². The molecule has 0 aliphatic heterocycles. The Balaban J connectivity index is 2.40. The second-order valence-corrected chi connectivity index (χ2v) is 20.7. The highest BCUT2D eigenvalue weighted by Crippen LogP contribution is 2.38. The van der Waals surface area contributed by atoms with Gasteiger partial charge in [-0.1, -0.05) is 101 Å². The van der Waals surface area contributed by atoms with E-state index >= 15 is 0 Å². The SMILES string of the molecule is CCOC(=O)CCC(C)(C#C[Si](C)(C)C)CCO[Si](c1ccccc1)(c1ccccc1)C(C)(C)C. The van der Waals surface area contributed by atoms with Crippen molar-refractivity contribution < 1.29 is 14.0 Å². The third-order valence-corrected chi connectivity index (χ3v) is 12.2. The molecule has 3 nitrogen and oxygen atoms in total. The molecule has 0 heterocycles. The van der Waals surface area contributed by atoms with Crippen LogP contribution in [0.2, 0.25) is 24.7 Å². The number of hydrogen-bond donors (Lipinski definition) is 0. The lowest BCUT2D eigenvalue weighted by Crippen LogP contribution is -2.66. The van der Waals surface area contributed by atoms with E-state index in [1.54, 1.807) is 0 Å². The third kappa shape index (κ3) is 8.20. The first kappa shape index (κ1) is 29.1. The third-order valence-electron chi connectivity index (χ3n) is 6.31. The molecule has 0 spiro atoms. The predicted octanol–water partition coefficient (Wildman–Crippen LogP) is 6.18. The first-order chi connectivity index (χ1) is 16.3. The zero-order valence-corrected chi connectivity index (χ0v) is 25.0. The molecular formula is C30H44O3Si2. The maximum Gasteiger partial charge on any atom is 0.305 e. The van der Waals surface area contributed by atoms with Crippen molar-refractivity contribution in [1.29, 1.82) is 0 Å². The second-order valence-electron chi connectivity index (χ2n) is 11.6. The molecule has 1 unspecified atom stereocenters. The number of esters is 1. The fourth-order valence-corrected chi connectivity index (χ4v) is 9.63. The van der Waals surface area contributed by atoms with Crippen LogP contribution >= 0.6 is 0 Å². The average molecular weight is 509 g/mol. The van der Waals surface area contributed by atoms with E-state index in [1.807, 2.05) is 6.92 Å². The highest BCUT2D eigenvalue weighted by atomic mass is 28.4. The van der Waals surface area contributed by atoms with E-state index in [4.69, 9.17) is 9.16 Å². The van der Waals surface area contributed by atoms with Gasteiger partial charge in [0.05, 0.1) is 6.61 Å². The lowest BCUT2D eigenvalue weighted by molar-refractivity contribution is -0.143. The Morgan fingerprint density at radius 1 is 0.857 bits per heavy atom. The van der Waals surface area contributed by atoms with Gasteiger partial charge in [-0.2, -0.15) is 0 Å². The van der Waals surface area contributed by atoms with Crippen LogP contribution in [-0.4, -0.2) is 35.6 Å². The molecule has 0 amide bonds. The second kappa shape index (κ2) is 12.2. The summed E-state index contributed by atoms with van der Waals surface area (Å²) in [6.45, 7) is 18.7. The molecule has 2 aromatic rings. The fraction of sp³-hybridized carbons (Fsp3) is 0.500. The van der Waals surface area contributed by atoms with E-state index < -0.39 is 16.4 Å². The molecule has 0 saturated carbocycles. The normalized spacial score (nSPS) is 13.9. The first-order valence-electron chi connectivity index (χ1n) is 12.8. The molecule has 35 heavy (non-hydrogen) atoms. The molecule has 190 valence electrons. The molecule has 0 aliphatic rings. The van der Waals surface area contributed by atoms with Crippen LogP contribution in [0, 0.1) is 16.9 Å². The van der Waals surface area contributed by atoms with Crippen LogP contribution < -0.4 is 10.4 Å². The zero-order valence-electron chi connectivity index (χ0n) is 23.0. The topological polar surface area (TPSA) is 35.5 Å². The van der Waals surface area contributed by atoms with Crippen LogP contribution in [0.4, 0.5) is 0 Å². The van der Waals surface area contributed by atoms with Gasteiger partial charge >= 0.3 is 5.97 Å². The van der Waals surface area contributed by atoms with Crippen LogP contribution in [0.3, 0.4) is 0 Å². The molecule has 0 radical (unpaired) electrons. The summed E-state index contributed by atoms with van der Waals surface area (Å²) in [5.74, 6) is 3.43. The van der Waals surface area contributed by atoms with Gasteiger partial charge in [-0.25, -0.2) is 0 Å². The van der Waals surface area contributed by atoms with Gasteiger partial charge in [0.15, 0.2) is 0 Å². The van der Waals surface area contributed by atoms with Crippen molar-refractivity contribution in [3.05, 3.63) is 60.7 Å². The summed E-state index contributed by atoms with van der Waals surface area (Å²) in [7, 11) is -4.16. The van der Waals surface area contributed by atoms with E-state index in [0.717, 1.165) is 6.42 Å². The summed E-state index contributed by atoms with van der Waals surface area (Å²) in [4.78, 5) is 12.1. The zero-order chi connectivity index (χ0) is 26.2. The van der Waals surface area contributed by atoms with Gasteiger partial charge in [0.1, 0.15) is 8.07 Å². The fourth-order valence-electron chi connectivity index (χ4n) is 4.39. The largest absolute Gasteiger partial charge is 0.466 e. The van der Waals surface area contributed by atoms with Crippen molar-refractivity contribution in [1.82, 2.24) is 0 Å². The summed E-state index contributed by atoms with van der Waals surface area (Å²) >= 11 is 0. The van der Waals surface area contributed by atoms with Gasteiger partial charge in [0, 0.05) is 18.4 Å². The lowest BCUT2D eigenvalue weighted by Gasteiger charge is -2.43. The highest BCUT2D eigenvalue weighted by Gasteiger charge is 2.50. The minimum absolute atomic E-state index is 0.0684. The maximum absolute atomic E-state index is 12.1. The smallest absolute Gasteiger partial charge is 0.305 e. The molecule has 0 saturated heterocycles. The van der Waals surface area contributed by atoms with Crippen LogP contribution in [0.15, 0.2) is 60.7 Å². The molecule has 0 fully saturated rings. The monoisotopic (exact) mass is 508 g/mol. The standard InChI is InChI=1S/C30H44O3Si2/c1-9-32-28(31)20-21-30(5,23-25-34(6,7)8)22-24-33-35(29(2,3)4,26-16-12-10-13-17-26)27-18-14-11-15-19-27/h10-19H,9,20-22,24H2,1-8H3. The van der Waals surface area contributed by atoms with Crippen molar-refractivity contribution >= 4 is 32.7 Å². The summed E-state index contributed by atoms with van der Waals surface area (Å²) in [6, 6.07) is 21.4. The molecule has 0 bridgehead atoms. The van der Waals surface area contributed by atoms with Gasteiger partial charge in [0.25, 0.3) is 8.32 Å². The van der Waals surface area contributed by atoms with E-state index in [1.165, 1.54) is 10.4 Å². The van der Waals surface area contributed by atoms with Crippen molar-refractivity contribution in [2.24, 2.45) is 5.41 Å². The number of benzene rings is 2. The number of rotatable bonds is 10. The molecule has 5 heteroatoms. The van der Waals surface area contributed by atoms with Crippen molar-refractivity contribution in [3.8, 4) is 11.5 Å². The van der Waals surface area contributed by atoms with Crippen LogP contribution in [0.1, 0.15) is 53.9 Å². The van der Waals surface area contributed by atoms with Crippen LogP contribution in [0.5, 0.6) is 0 Å². The van der Waals surface area contributed by atoms with E-state index in [9.17, 15) is 4.79 Å². The maximum atomic E-state index is 12.1. The Morgan fingerprint density at radius 2 is 1.37 bits per heavy atom. The summed E-state index contributed by atoms with van der Waals surface area (Å²) in [5.41, 5.74) is 3.24. The van der Waals surface area contributed by atoms with Crippen molar-refractivity contribution in [2.75, 3.05) is 13.2 Å². The first-order valence-corrected chi connectivity index (χ1v) is 18.2. The van der Waals surface area contributed by atoms with E-state index in [-0.39, 0.29) is 16.4 Å². The van der Waals surface area contributed by atoms with Gasteiger partial charge in [-0.15, -0.1) is 11.5 Å².